The zero-order valence-corrected chi connectivity index (χ0v) is 15.6. The predicted octanol–water partition coefficient (Wildman–Crippen LogP) is 4.34. The SMILES string of the molecule is Cc1cc(C(C)NCc2ccc(CN3CCCC3=O)cc2)c(C)s1. The number of nitrogens with zero attached hydrogens (tertiary/aromatic N) is 1. The smallest absolute Gasteiger partial charge is 0.222 e. The maximum absolute atomic E-state index is 11.7. The molecule has 0 bridgehead atoms. The lowest BCUT2D eigenvalue weighted by Crippen LogP contribution is -2.23. The van der Waals surface area contributed by atoms with E-state index in [1.807, 2.05) is 16.2 Å². The molecule has 3 rings (SSSR count). The normalized spacial score (nSPS) is 16.0. The van der Waals surface area contributed by atoms with Crippen LogP contribution >= 0.6 is 11.3 Å². The van der Waals surface area contributed by atoms with Crippen LogP contribution in [0.15, 0.2) is 30.3 Å². The van der Waals surface area contributed by atoms with Crippen molar-refractivity contribution in [2.75, 3.05) is 6.54 Å². The Labute approximate surface area is 148 Å². The lowest BCUT2D eigenvalue weighted by molar-refractivity contribution is -0.128. The lowest BCUT2D eigenvalue weighted by Gasteiger charge is -2.16. The molecule has 1 fully saturated rings. The van der Waals surface area contributed by atoms with Gasteiger partial charge in [-0.25, -0.2) is 0 Å². The second-order valence-electron chi connectivity index (χ2n) is 6.71. The first-order valence-corrected chi connectivity index (χ1v) is 9.50. The Balaban J connectivity index is 1.54. The van der Waals surface area contributed by atoms with E-state index >= 15 is 0 Å². The van der Waals surface area contributed by atoms with Gasteiger partial charge in [-0.2, -0.15) is 0 Å². The average molecular weight is 343 g/mol. The van der Waals surface area contributed by atoms with Crippen LogP contribution in [-0.2, 0) is 17.9 Å². The van der Waals surface area contributed by atoms with Crippen molar-refractivity contribution in [3.05, 3.63) is 56.8 Å². The van der Waals surface area contributed by atoms with Gasteiger partial charge in [-0.1, -0.05) is 24.3 Å². The zero-order valence-electron chi connectivity index (χ0n) is 14.8. The van der Waals surface area contributed by atoms with Gasteiger partial charge in [-0.05, 0) is 49.9 Å². The minimum Gasteiger partial charge on any atom is -0.338 e. The Kier molecular flexibility index (Phi) is 5.36. The minimum absolute atomic E-state index is 0.288. The average Bonchev–Trinajstić information content (AvgIpc) is 3.11. The predicted molar refractivity (Wildman–Crippen MR) is 100 cm³/mol. The van der Waals surface area contributed by atoms with Crippen LogP contribution < -0.4 is 5.32 Å². The van der Waals surface area contributed by atoms with Gasteiger partial charge in [0.05, 0.1) is 0 Å². The first-order valence-electron chi connectivity index (χ1n) is 8.69. The molecule has 0 radical (unpaired) electrons. The van der Waals surface area contributed by atoms with Gasteiger partial charge in [0.25, 0.3) is 0 Å². The molecule has 1 N–H and O–H groups in total. The third kappa shape index (κ3) is 4.05. The summed E-state index contributed by atoms with van der Waals surface area (Å²) in [6.45, 7) is 9.09. The van der Waals surface area contributed by atoms with Gasteiger partial charge in [0.2, 0.25) is 5.91 Å². The van der Waals surface area contributed by atoms with E-state index in [2.05, 4.69) is 56.4 Å². The largest absolute Gasteiger partial charge is 0.338 e. The van der Waals surface area contributed by atoms with Crippen LogP contribution in [0.25, 0.3) is 0 Å². The minimum atomic E-state index is 0.288. The Morgan fingerprint density at radius 1 is 1.21 bits per heavy atom. The van der Waals surface area contributed by atoms with Crippen molar-refractivity contribution in [3.8, 4) is 0 Å². The van der Waals surface area contributed by atoms with Crippen molar-refractivity contribution >= 4 is 17.2 Å². The van der Waals surface area contributed by atoms with Gasteiger partial charge in [-0.15, -0.1) is 11.3 Å². The third-order valence-electron chi connectivity index (χ3n) is 4.73. The van der Waals surface area contributed by atoms with E-state index in [0.29, 0.717) is 12.5 Å². The topological polar surface area (TPSA) is 32.3 Å². The quantitative estimate of drug-likeness (QED) is 0.847. The van der Waals surface area contributed by atoms with E-state index in [0.717, 1.165) is 26.1 Å². The highest BCUT2D eigenvalue weighted by molar-refractivity contribution is 7.12. The zero-order chi connectivity index (χ0) is 17.1. The van der Waals surface area contributed by atoms with Crippen LogP contribution in [-0.4, -0.2) is 17.4 Å². The fourth-order valence-corrected chi connectivity index (χ4v) is 4.34. The Bertz CT molecular complexity index is 705. The number of thiophene rings is 1. The van der Waals surface area contributed by atoms with Gasteiger partial charge in [0.15, 0.2) is 0 Å². The van der Waals surface area contributed by atoms with Gasteiger partial charge < -0.3 is 10.2 Å². The fraction of sp³-hybridized carbons (Fsp3) is 0.450. The summed E-state index contributed by atoms with van der Waals surface area (Å²) in [5, 5.41) is 3.61. The van der Waals surface area contributed by atoms with Crippen LogP contribution in [0.5, 0.6) is 0 Å². The second-order valence-corrected chi connectivity index (χ2v) is 8.17. The van der Waals surface area contributed by atoms with E-state index in [9.17, 15) is 4.79 Å². The molecular formula is C20H26N2OS. The molecule has 1 amide bonds. The summed E-state index contributed by atoms with van der Waals surface area (Å²) in [6, 6.07) is 11.3. The highest BCUT2D eigenvalue weighted by atomic mass is 32.1. The molecule has 0 aliphatic carbocycles. The van der Waals surface area contributed by atoms with E-state index in [-0.39, 0.29) is 5.91 Å². The van der Waals surface area contributed by atoms with Gasteiger partial charge in [-0.3, -0.25) is 4.79 Å². The number of carbonyl (C=O) groups excluding carboxylic acids is 1. The summed E-state index contributed by atoms with van der Waals surface area (Å²) in [7, 11) is 0. The first kappa shape index (κ1) is 17.2. The van der Waals surface area contributed by atoms with Crippen molar-refractivity contribution in [3.63, 3.8) is 0 Å². The summed E-state index contributed by atoms with van der Waals surface area (Å²) < 4.78 is 0. The molecule has 1 aromatic heterocycles. The summed E-state index contributed by atoms with van der Waals surface area (Å²) in [4.78, 5) is 16.4. The molecule has 128 valence electrons. The number of benzene rings is 1. The molecule has 2 heterocycles. The summed E-state index contributed by atoms with van der Waals surface area (Å²) >= 11 is 1.86. The number of rotatable bonds is 6. The Morgan fingerprint density at radius 3 is 2.50 bits per heavy atom. The van der Waals surface area contributed by atoms with Crippen LogP contribution in [0.2, 0.25) is 0 Å². The standard InChI is InChI=1S/C20H26N2OS/c1-14-11-19(16(3)24-14)15(2)21-12-17-6-8-18(9-7-17)13-22-10-4-5-20(22)23/h6-9,11,15,21H,4-5,10,12-13H2,1-3H3. The van der Waals surface area contributed by atoms with Gasteiger partial charge in [0.1, 0.15) is 0 Å². The molecule has 1 aliphatic rings. The number of carbonyl (C=O) groups is 1. The van der Waals surface area contributed by atoms with E-state index in [1.54, 1.807) is 0 Å². The number of hydrogen-bond acceptors (Lipinski definition) is 3. The second kappa shape index (κ2) is 7.49. The molecule has 0 spiro atoms. The van der Waals surface area contributed by atoms with Crippen molar-refractivity contribution < 1.29 is 4.79 Å². The molecular weight excluding hydrogens is 316 g/mol. The van der Waals surface area contributed by atoms with Crippen molar-refractivity contribution in [2.45, 2.75) is 52.7 Å². The Hall–Kier alpha value is -1.65. The number of aryl methyl sites for hydroxylation is 2. The van der Waals surface area contributed by atoms with Crippen LogP contribution in [0.4, 0.5) is 0 Å². The summed E-state index contributed by atoms with van der Waals surface area (Å²) in [6.07, 6.45) is 1.71. The molecule has 1 aromatic carbocycles. The van der Waals surface area contributed by atoms with Crippen molar-refractivity contribution in [1.82, 2.24) is 10.2 Å². The number of amides is 1. The van der Waals surface area contributed by atoms with E-state index < -0.39 is 0 Å². The van der Waals surface area contributed by atoms with Gasteiger partial charge >= 0.3 is 0 Å². The molecule has 3 nitrogen and oxygen atoms in total. The van der Waals surface area contributed by atoms with E-state index in [1.165, 1.54) is 26.4 Å². The highest BCUT2D eigenvalue weighted by Crippen LogP contribution is 2.26. The summed E-state index contributed by atoms with van der Waals surface area (Å²) in [5.74, 6) is 0.288. The summed E-state index contributed by atoms with van der Waals surface area (Å²) in [5.41, 5.74) is 3.90. The molecule has 4 heteroatoms. The van der Waals surface area contributed by atoms with Crippen molar-refractivity contribution in [1.29, 1.82) is 0 Å². The molecule has 1 aliphatic heterocycles. The van der Waals surface area contributed by atoms with Gasteiger partial charge in [0, 0.05) is 41.9 Å². The molecule has 0 saturated carbocycles. The molecule has 1 saturated heterocycles. The van der Waals surface area contributed by atoms with E-state index in [4.69, 9.17) is 0 Å². The molecule has 1 unspecified atom stereocenters. The van der Waals surface area contributed by atoms with Crippen LogP contribution in [0, 0.1) is 13.8 Å². The highest BCUT2D eigenvalue weighted by Gasteiger charge is 2.19. The molecule has 24 heavy (non-hydrogen) atoms. The maximum atomic E-state index is 11.7. The number of likely N-dealkylation sites (tertiary alicyclic amines) is 1. The van der Waals surface area contributed by atoms with Crippen molar-refractivity contribution in [2.24, 2.45) is 0 Å². The molecule has 1 atom stereocenters. The monoisotopic (exact) mass is 342 g/mol. The van der Waals surface area contributed by atoms with Crippen LogP contribution in [0.1, 0.15) is 52.3 Å². The fourth-order valence-electron chi connectivity index (χ4n) is 3.32. The van der Waals surface area contributed by atoms with Crippen LogP contribution in [0.3, 0.4) is 0 Å². The third-order valence-corrected chi connectivity index (χ3v) is 5.71. The Morgan fingerprint density at radius 2 is 1.92 bits per heavy atom. The maximum Gasteiger partial charge on any atom is 0.222 e. The number of nitrogens with one attached hydrogen (secondary N) is 1. The molecule has 2 aromatic rings. The lowest BCUT2D eigenvalue weighted by atomic mass is 10.1. The first-order chi connectivity index (χ1) is 11.5. The number of hydrogen-bond donors (Lipinski definition) is 1.